The van der Waals surface area contributed by atoms with E-state index >= 15 is 0 Å². The molecule has 1 unspecified atom stereocenters. The SMILES string of the molecule is COC(=O)C(Cc1ccc(OCCN(C)c2ccnc3cc(Cl)ccc23)cc1)n1cccc1. The van der Waals surface area contributed by atoms with Gasteiger partial charge in [0.15, 0.2) is 0 Å². The predicted octanol–water partition coefficient (Wildman–Crippen LogP) is 5.16. The zero-order valence-electron chi connectivity index (χ0n) is 18.6. The van der Waals surface area contributed by atoms with Gasteiger partial charge < -0.3 is 18.9 Å². The van der Waals surface area contributed by atoms with Gasteiger partial charge in [0.1, 0.15) is 18.4 Å². The first-order valence-electron chi connectivity index (χ1n) is 10.7. The van der Waals surface area contributed by atoms with Crippen LogP contribution in [-0.4, -0.2) is 42.8 Å². The summed E-state index contributed by atoms with van der Waals surface area (Å²) in [5.41, 5.74) is 2.98. The number of rotatable bonds is 9. The molecule has 2 aromatic carbocycles. The number of pyridine rings is 1. The van der Waals surface area contributed by atoms with E-state index in [1.807, 2.05) is 84.7 Å². The Labute approximate surface area is 198 Å². The summed E-state index contributed by atoms with van der Waals surface area (Å²) in [7, 11) is 3.45. The molecule has 33 heavy (non-hydrogen) atoms. The second-order valence-electron chi connectivity index (χ2n) is 7.78. The Morgan fingerprint density at radius 3 is 2.61 bits per heavy atom. The number of fused-ring (bicyclic) bond motifs is 1. The topological polar surface area (TPSA) is 56.6 Å². The molecule has 1 atom stereocenters. The number of esters is 1. The number of aromatic nitrogens is 2. The van der Waals surface area contributed by atoms with Gasteiger partial charge in [-0.2, -0.15) is 0 Å². The third-order valence-corrected chi connectivity index (χ3v) is 5.84. The van der Waals surface area contributed by atoms with Crippen molar-refractivity contribution >= 4 is 34.2 Å². The number of hydrogen-bond donors (Lipinski definition) is 0. The van der Waals surface area contributed by atoms with E-state index in [0.717, 1.165) is 27.9 Å². The number of nitrogens with zero attached hydrogens (tertiary/aromatic N) is 3. The van der Waals surface area contributed by atoms with Gasteiger partial charge in [0.25, 0.3) is 0 Å². The Hall–Kier alpha value is -3.51. The van der Waals surface area contributed by atoms with Gasteiger partial charge >= 0.3 is 5.97 Å². The molecule has 0 bridgehead atoms. The summed E-state index contributed by atoms with van der Waals surface area (Å²) in [5, 5.41) is 1.73. The van der Waals surface area contributed by atoms with Crippen molar-refractivity contribution in [1.29, 1.82) is 0 Å². The van der Waals surface area contributed by atoms with E-state index in [1.165, 1.54) is 7.11 Å². The molecule has 0 aliphatic rings. The van der Waals surface area contributed by atoms with Crippen LogP contribution >= 0.6 is 11.6 Å². The monoisotopic (exact) mass is 463 g/mol. The molecular weight excluding hydrogens is 438 g/mol. The third kappa shape index (κ3) is 5.46. The molecule has 6 nitrogen and oxygen atoms in total. The summed E-state index contributed by atoms with van der Waals surface area (Å²) in [6, 6.07) is 19.0. The summed E-state index contributed by atoms with van der Waals surface area (Å²) in [4.78, 5) is 18.8. The molecule has 0 saturated heterocycles. The van der Waals surface area contributed by atoms with Crippen molar-refractivity contribution in [3.63, 3.8) is 0 Å². The minimum Gasteiger partial charge on any atom is -0.492 e. The van der Waals surface area contributed by atoms with Crippen molar-refractivity contribution in [1.82, 2.24) is 9.55 Å². The van der Waals surface area contributed by atoms with Gasteiger partial charge in [-0.3, -0.25) is 4.98 Å². The lowest BCUT2D eigenvalue weighted by molar-refractivity contribution is -0.144. The number of carbonyl (C=O) groups is 1. The Morgan fingerprint density at radius 1 is 1.12 bits per heavy atom. The van der Waals surface area contributed by atoms with Crippen LogP contribution in [0.2, 0.25) is 5.02 Å². The fraction of sp³-hybridized carbons (Fsp3) is 0.231. The first-order chi connectivity index (χ1) is 16.0. The first kappa shape index (κ1) is 22.7. The first-order valence-corrected chi connectivity index (χ1v) is 11.1. The van der Waals surface area contributed by atoms with Crippen molar-refractivity contribution in [3.05, 3.63) is 89.8 Å². The predicted molar refractivity (Wildman–Crippen MR) is 131 cm³/mol. The van der Waals surface area contributed by atoms with E-state index in [-0.39, 0.29) is 5.97 Å². The molecule has 0 aliphatic heterocycles. The smallest absolute Gasteiger partial charge is 0.329 e. The quantitative estimate of drug-likeness (QED) is 0.321. The number of likely N-dealkylation sites (N-methyl/N-ethyl adjacent to an activating group) is 1. The molecule has 170 valence electrons. The highest BCUT2D eigenvalue weighted by Gasteiger charge is 2.20. The van der Waals surface area contributed by atoms with Crippen LogP contribution in [0.15, 0.2) is 79.3 Å². The van der Waals surface area contributed by atoms with Crippen LogP contribution in [-0.2, 0) is 16.0 Å². The van der Waals surface area contributed by atoms with Crippen molar-refractivity contribution in [3.8, 4) is 5.75 Å². The van der Waals surface area contributed by atoms with Gasteiger partial charge in [-0.05, 0) is 54.1 Å². The highest BCUT2D eigenvalue weighted by Crippen LogP contribution is 2.26. The summed E-state index contributed by atoms with van der Waals surface area (Å²) in [6.45, 7) is 1.24. The van der Waals surface area contributed by atoms with Crippen LogP contribution in [0.1, 0.15) is 11.6 Å². The maximum atomic E-state index is 12.2. The van der Waals surface area contributed by atoms with Crippen molar-refractivity contribution in [2.75, 3.05) is 32.2 Å². The second kappa shape index (κ2) is 10.4. The average molecular weight is 464 g/mol. The Kier molecular flexibility index (Phi) is 7.15. The highest BCUT2D eigenvalue weighted by atomic mass is 35.5. The molecule has 0 N–H and O–H groups in total. The largest absolute Gasteiger partial charge is 0.492 e. The number of carbonyl (C=O) groups excluding carboxylic acids is 1. The Morgan fingerprint density at radius 2 is 1.88 bits per heavy atom. The van der Waals surface area contributed by atoms with Crippen molar-refractivity contribution in [2.45, 2.75) is 12.5 Å². The maximum Gasteiger partial charge on any atom is 0.329 e. The third-order valence-electron chi connectivity index (χ3n) is 5.60. The standard InChI is InChI=1S/C26H26ClN3O3/c1-29(24-11-12-28-23-18-20(27)7-10-22(23)24)15-16-33-21-8-5-19(6-9-21)17-25(26(31)32-2)30-13-3-4-14-30/h3-14,18,25H,15-17H2,1-2H3. The van der Waals surface area contributed by atoms with E-state index < -0.39 is 6.04 Å². The molecule has 0 aliphatic carbocycles. The van der Waals surface area contributed by atoms with Gasteiger partial charge in [0.05, 0.1) is 19.2 Å². The molecule has 4 rings (SSSR count). The molecular formula is C26H26ClN3O3. The van der Waals surface area contributed by atoms with Crippen LogP contribution in [0.5, 0.6) is 5.75 Å². The summed E-state index contributed by atoms with van der Waals surface area (Å²) < 4.78 is 12.8. The Bertz CT molecular complexity index is 1210. The van der Waals surface area contributed by atoms with Gasteiger partial charge in [-0.15, -0.1) is 0 Å². The van der Waals surface area contributed by atoms with Gasteiger partial charge in [-0.1, -0.05) is 23.7 Å². The van der Waals surface area contributed by atoms with Gasteiger partial charge in [0.2, 0.25) is 0 Å². The summed E-state index contributed by atoms with van der Waals surface area (Å²) in [6.07, 6.45) is 6.08. The molecule has 0 amide bonds. The van der Waals surface area contributed by atoms with Crippen molar-refractivity contribution < 1.29 is 14.3 Å². The zero-order valence-corrected chi connectivity index (χ0v) is 19.4. The van der Waals surface area contributed by atoms with Gasteiger partial charge in [0, 0.05) is 48.2 Å². The minimum absolute atomic E-state index is 0.263. The molecule has 7 heteroatoms. The minimum atomic E-state index is -0.393. The van der Waals surface area contributed by atoms with Crippen LogP contribution in [0.25, 0.3) is 10.9 Å². The fourth-order valence-electron chi connectivity index (χ4n) is 3.81. The van der Waals surface area contributed by atoms with E-state index in [9.17, 15) is 4.79 Å². The Balaban J connectivity index is 1.35. The molecule has 0 radical (unpaired) electrons. The molecule has 2 aromatic heterocycles. The lowest BCUT2D eigenvalue weighted by atomic mass is 10.1. The number of ether oxygens (including phenoxy) is 2. The van der Waals surface area contributed by atoms with E-state index in [0.29, 0.717) is 24.6 Å². The number of anilines is 1. The number of benzene rings is 2. The number of hydrogen-bond acceptors (Lipinski definition) is 5. The normalized spacial score (nSPS) is 11.8. The van der Waals surface area contributed by atoms with E-state index in [2.05, 4.69) is 9.88 Å². The summed E-state index contributed by atoms with van der Waals surface area (Å²) >= 11 is 6.09. The lowest BCUT2D eigenvalue weighted by Gasteiger charge is -2.21. The van der Waals surface area contributed by atoms with Crippen molar-refractivity contribution in [2.24, 2.45) is 0 Å². The van der Waals surface area contributed by atoms with E-state index in [1.54, 1.807) is 6.20 Å². The lowest BCUT2D eigenvalue weighted by Crippen LogP contribution is -2.24. The highest BCUT2D eigenvalue weighted by molar-refractivity contribution is 6.31. The fourth-order valence-corrected chi connectivity index (χ4v) is 3.97. The molecule has 0 fully saturated rings. The van der Waals surface area contributed by atoms with E-state index in [4.69, 9.17) is 21.1 Å². The van der Waals surface area contributed by atoms with Gasteiger partial charge in [-0.25, -0.2) is 4.79 Å². The average Bonchev–Trinajstić information content (AvgIpc) is 3.37. The number of methoxy groups -OCH3 is 1. The second-order valence-corrected chi connectivity index (χ2v) is 8.22. The number of halogens is 1. The maximum absolute atomic E-state index is 12.2. The van der Waals surface area contributed by atoms with Crippen LogP contribution in [0.4, 0.5) is 5.69 Å². The summed E-state index contributed by atoms with van der Waals surface area (Å²) in [5.74, 6) is 0.523. The zero-order chi connectivity index (χ0) is 23.2. The van der Waals surface area contributed by atoms with Crippen LogP contribution < -0.4 is 9.64 Å². The molecule has 0 spiro atoms. The van der Waals surface area contributed by atoms with Crippen LogP contribution in [0.3, 0.4) is 0 Å². The molecule has 2 heterocycles. The molecule has 4 aromatic rings. The molecule has 0 saturated carbocycles. The van der Waals surface area contributed by atoms with Crippen LogP contribution in [0, 0.1) is 0 Å².